The number of rotatable bonds is 2. The highest BCUT2D eigenvalue weighted by Crippen LogP contribution is 2.28. The standard InChI is InChI=1S/C14H17N3O/c1-10-8-17(16-14(10)15)9-13-12-5-3-2-4-11(12)6-7-18-13/h2-5,8,13H,6-7,9H2,1H3,(H2,15,16). The minimum Gasteiger partial charge on any atom is -0.382 e. The summed E-state index contributed by atoms with van der Waals surface area (Å²) in [5.41, 5.74) is 9.43. The number of nitrogens with two attached hydrogens (primary N) is 1. The van der Waals surface area contributed by atoms with Crippen LogP contribution in [0.2, 0.25) is 0 Å². The molecule has 4 nitrogen and oxygen atoms in total. The molecule has 18 heavy (non-hydrogen) atoms. The summed E-state index contributed by atoms with van der Waals surface area (Å²) in [4.78, 5) is 0. The third-order valence-electron chi connectivity index (χ3n) is 3.43. The molecule has 2 aromatic rings. The quantitative estimate of drug-likeness (QED) is 0.878. The van der Waals surface area contributed by atoms with Gasteiger partial charge in [0.05, 0.1) is 13.2 Å². The van der Waals surface area contributed by atoms with Gasteiger partial charge in [-0.3, -0.25) is 4.68 Å². The second-order valence-corrected chi connectivity index (χ2v) is 4.73. The van der Waals surface area contributed by atoms with Gasteiger partial charge in [-0.2, -0.15) is 5.10 Å². The largest absolute Gasteiger partial charge is 0.382 e. The Morgan fingerprint density at radius 3 is 3.06 bits per heavy atom. The smallest absolute Gasteiger partial charge is 0.148 e. The molecule has 0 bridgehead atoms. The fourth-order valence-electron chi connectivity index (χ4n) is 2.43. The molecule has 4 heteroatoms. The second-order valence-electron chi connectivity index (χ2n) is 4.73. The van der Waals surface area contributed by atoms with E-state index in [0.29, 0.717) is 5.82 Å². The van der Waals surface area contributed by atoms with Crippen LogP contribution in [0.5, 0.6) is 0 Å². The first-order valence-electron chi connectivity index (χ1n) is 6.23. The first kappa shape index (κ1) is 11.3. The van der Waals surface area contributed by atoms with Gasteiger partial charge in [-0.15, -0.1) is 0 Å². The van der Waals surface area contributed by atoms with Crippen LogP contribution >= 0.6 is 0 Å². The molecular formula is C14H17N3O. The zero-order valence-electron chi connectivity index (χ0n) is 10.5. The van der Waals surface area contributed by atoms with Gasteiger partial charge in [-0.25, -0.2) is 0 Å². The van der Waals surface area contributed by atoms with Crippen molar-refractivity contribution in [2.45, 2.75) is 26.0 Å². The number of nitrogen functional groups attached to an aromatic ring is 1. The van der Waals surface area contributed by atoms with E-state index in [1.165, 1.54) is 11.1 Å². The first-order chi connectivity index (χ1) is 8.74. The average Bonchev–Trinajstić information content (AvgIpc) is 2.69. The molecule has 2 N–H and O–H groups in total. The van der Waals surface area contributed by atoms with E-state index in [1.54, 1.807) is 0 Å². The number of aromatic nitrogens is 2. The van der Waals surface area contributed by atoms with E-state index < -0.39 is 0 Å². The van der Waals surface area contributed by atoms with Gasteiger partial charge >= 0.3 is 0 Å². The fourth-order valence-corrected chi connectivity index (χ4v) is 2.43. The molecule has 0 amide bonds. The zero-order valence-corrected chi connectivity index (χ0v) is 10.5. The van der Waals surface area contributed by atoms with Crippen molar-refractivity contribution in [1.29, 1.82) is 0 Å². The van der Waals surface area contributed by atoms with Crippen LogP contribution < -0.4 is 5.73 Å². The van der Waals surface area contributed by atoms with E-state index in [1.807, 2.05) is 17.8 Å². The van der Waals surface area contributed by atoms with Crippen molar-refractivity contribution in [3.05, 3.63) is 47.2 Å². The second kappa shape index (κ2) is 4.46. The topological polar surface area (TPSA) is 53.1 Å². The van der Waals surface area contributed by atoms with Crippen molar-refractivity contribution in [3.8, 4) is 0 Å². The Bertz CT molecular complexity index is 542. The number of fused-ring (bicyclic) bond motifs is 1. The minimum atomic E-state index is 0.0775. The van der Waals surface area contributed by atoms with E-state index in [9.17, 15) is 0 Å². The normalized spacial score (nSPS) is 18.6. The summed E-state index contributed by atoms with van der Waals surface area (Å²) in [5, 5.41) is 4.29. The molecular weight excluding hydrogens is 226 g/mol. The molecule has 1 aromatic heterocycles. The van der Waals surface area contributed by atoms with Crippen LogP contribution in [0.25, 0.3) is 0 Å². The van der Waals surface area contributed by atoms with Crippen molar-refractivity contribution in [2.75, 3.05) is 12.3 Å². The Morgan fingerprint density at radius 2 is 2.28 bits per heavy atom. The average molecular weight is 243 g/mol. The van der Waals surface area contributed by atoms with Crippen LogP contribution in [0.3, 0.4) is 0 Å². The highest BCUT2D eigenvalue weighted by Gasteiger charge is 2.21. The molecule has 0 saturated heterocycles. The molecule has 0 fully saturated rings. The summed E-state index contributed by atoms with van der Waals surface area (Å²) < 4.78 is 7.73. The SMILES string of the molecule is Cc1cn(CC2OCCc3ccccc32)nc1N. The molecule has 0 aliphatic carbocycles. The third kappa shape index (κ3) is 1.99. The molecule has 1 aliphatic rings. The van der Waals surface area contributed by atoms with Crippen molar-refractivity contribution in [3.63, 3.8) is 0 Å². The molecule has 1 aliphatic heterocycles. The van der Waals surface area contributed by atoms with Crippen molar-refractivity contribution >= 4 is 5.82 Å². The summed E-state index contributed by atoms with van der Waals surface area (Å²) in [6, 6.07) is 8.45. The molecule has 94 valence electrons. The van der Waals surface area contributed by atoms with Crippen LogP contribution in [-0.4, -0.2) is 16.4 Å². The summed E-state index contributed by atoms with van der Waals surface area (Å²) in [6.07, 6.45) is 3.04. The predicted octanol–water partition coefficient (Wildman–Crippen LogP) is 2.09. The van der Waals surface area contributed by atoms with Gasteiger partial charge in [0, 0.05) is 11.8 Å². The van der Waals surface area contributed by atoms with E-state index in [-0.39, 0.29) is 6.10 Å². The number of ether oxygens (including phenoxy) is 1. The maximum atomic E-state index is 5.86. The number of aryl methyl sites for hydroxylation is 1. The number of benzene rings is 1. The maximum Gasteiger partial charge on any atom is 0.148 e. The highest BCUT2D eigenvalue weighted by atomic mass is 16.5. The van der Waals surface area contributed by atoms with E-state index in [2.05, 4.69) is 29.4 Å². The molecule has 0 radical (unpaired) electrons. The highest BCUT2D eigenvalue weighted by molar-refractivity contribution is 5.36. The van der Waals surface area contributed by atoms with E-state index in [0.717, 1.165) is 25.1 Å². The maximum absolute atomic E-state index is 5.86. The van der Waals surface area contributed by atoms with Gasteiger partial charge < -0.3 is 10.5 Å². The van der Waals surface area contributed by atoms with Gasteiger partial charge in [-0.1, -0.05) is 24.3 Å². The van der Waals surface area contributed by atoms with Crippen LogP contribution in [0.4, 0.5) is 5.82 Å². The summed E-state index contributed by atoms with van der Waals surface area (Å²) in [5.74, 6) is 0.596. The third-order valence-corrected chi connectivity index (χ3v) is 3.43. The van der Waals surface area contributed by atoms with Crippen LogP contribution in [0, 0.1) is 6.92 Å². The zero-order chi connectivity index (χ0) is 12.5. The van der Waals surface area contributed by atoms with Crippen molar-refractivity contribution in [2.24, 2.45) is 0 Å². The first-order valence-corrected chi connectivity index (χ1v) is 6.23. The molecule has 1 aromatic carbocycles. The minimum absolute atomic E-state index is 0.0775. The molecule has 2 heterocycles. The van der Waals surface area contributed by atoms with Gasteiger partial charge in [0.1, 0.15) is 11.9 Å². The van der Waals surface area contributed by atoms with Crippen molar-refractivity contribution < 1.29 is 4.74 Å². The Kier molecular flexibility index (Phi) is 2.80. The van der Waals surface area contributed by atoms with Crippen LogP contribution in [-0.2, 0) is 17.7 Å². The monoisotopic (exact) mass is 243 g/mol. The number of anilines is 1. The van der Waals surface area contributed by atoms with Crippen molar-refractivity contribution in [1.82, 2.24) is 9.78 Å². The summed E-state index contributed by atoms with van der Waals surface area (Å²) in [7, 11) is 0. The lowest BCUT2D eigenvalue weighted by molar-refractivity contribution is 0.0283. The van der Waals surface area contributed by atoms with E-state index >= 15 is 0 Å². The van der Waals surface area contributed by atoms with Crippen LogP contribution in [0.15, 0.2) is 30.5 Å². The Labute approximate surface area is 106 Å². The lowest BCUT2D eigenvalue weighted by Gasteiger charge is -2.25. The summed E-state index contributed by atoms with van der Waals surface area (Å²) >= 11 is 0. The molecule has 3 rings (SSSR count). The Hall–Kier alpha value is -1.81. The van der Waals surface area contributed by atoms with Gasteiger partial charge in [-0.05, 0) is 24.5 Å². The van der Waals surface area contributed by atoms with Gasteiger partial charge in [0.25, 0.3) is 0 Å². The van der Waals surface area contributed by atoms with Crippen LogP contribution in [0.1, 0.15) is 22.8 Å². The lowest BCUT2D eigenvalue weighted by atomic mass is 9.98. The van der Waals surface area contributed by atoms with E-state index in [4.69, 9.17) is 10.5 Å². The molecule has 1 atom stereocenters. The fraction of sp³-hybridized carbons (Fsp3) is 0.357. The Morgan fingerprint density at radius 1 is 1.44 bits per heavy atom. The van der Waals surface area contributed by atoms with Gasteiger partial charge in [0.2, 0.25) is 0 Å². The molecule has 1 unspecified atom stereocenters. The molecule has 0 spiro atoms. The summed E-state index contributed by atoms with van der Waals surface area (Å²) in [6.45, 7) is 3.46. The molecule has 0 saturated carbocycles. The predicted molar refractivity (Wildman–Crippen MR) is 70.2 cm³/mol. The number of nitrogens with zero attached hydrogens (tertiary/aromatic N) is 2. The lowest BCUT2D eigenvalue weighted by Crippen LogP contribution is -2.20. The number of hydrogen-bond donors (Lipinski definition) is 1. The number of hydrogen-bond acceptors (Lipinski definition) is 3. The van der Waals surface area contributed by atoms with Gasteiger partial charge in [0.15, 0.2) is 0 Å². The Balaban J connectivity index is 1.86.